The van der Waals surface area contributed by atoms with E-state index < -0.39 is 0 Å². The summed E-state index contributed by atoms with van der Waals surface area (Å²) in [6.07, 6.45) is 0. The van der Waals surface area contributed by atoms with Gasteiger partial charge in [-0.1, -0.05) is 18.2 Å². The Morgan fingerprint density at radius 1 is 1.24 bits per heavy atom. The third-order valence-corrected chi connectivity index (χ3v) is 4.31. The molecule has 0 unspecified atom stereocenters. The van der Waals surface area contributed by atoms with Gasteiger partial charge in [0.25, 0.3) is 11.5 Å². The minimum Gasteiger partial charge on any atom is -0.375 e. The van der Waals surface area contributed by atoms with E-state index in [0.29, 0.717) is 35.9 Å². The number of anilines is 1. The van der Waals surface area contributed by atoms with Crippen molar-refractivity contribution in [3.8, 4) is 0 Å². The van der Waals surface area contributed by atoms with Crippen molar-refractivity contribution in [2.75, 3.05) is 18.0 Å². The zero-order chi connectivity index (χ0) is 17.6. The van der Waals surface area contributed by atoms with Crippen LogP contribution in [0.1, 0.15) is 23.0 Å². The van der Waals surface area contributed by atoms with E-state index in [0.717, 1.165) is 0 Å². The van der Waals surface area contributed by atoms with Gasteiger partial charge in [-0.15, -0.1) is 4.57 Å². The summed E-state index contributed by atoms with van der Waals surface area (Å²) in [5, 5.41) is 3.05. The largest absolute Gasteiger partial charge is 0.375 e. The van der Waals surface area contributed by atoms with Crippen LogP contribution in [0.25, 0.3) is 5.65 Å². The summed E-state index contributed by atoms with van der Waals surface area (Å²) in [6.45, 7) is 4.93. The minimum absolute atomic E-state index is 0.100. The van der Waals surface area contributed by atoms with Gasteiger partial charge in [-0.2, -0.15) is 0 Å². The maximum Gasteiger partial charge on any atom is 0.289 e. The molecule has 7 nitrogen and oxygen atoms in total. The third kappa shape index (κ3) is 2.77. The molecular formula is C18H18N4O3. The van der Waals surface area contributed by atoms with Crippen LogP contribution in [-0.2, 0) is 0 Å². The van der Waals surface area contributed by atoms with Crippen molar-refractivity contribution in [3.63, 3.8) is 0 Å². The fourth-order valence-corrected chi connectivity index (χ4v) is 3.15. The molecule has 0 saturated carbocycles. The number of hydrogen-bond donors (Lipinski definition) is 1. The van der Waals surface area contributed by atoms with E-state index in [1.54, 1.807) is 25.1 Å². The highest BCUT2D eigenvalue weighted by Crippen LogP contribution is 2.26. The van der Waals surface area contributed by atoms with Crippen molar-refractivity contribution in [3.05, 3.63) is 64.1 Å². The van der Waals surface area contributed by atoms with Gasteiger partial charge in [-0.3, -0.25) is 9.59 Å². The molecule has 1 saturated heterocycles. The molecule has 3 heterocycles. The first kappa shape index (κ1) is 15.4. The van der Waals surface area contributed by atoms with E-state index in [-0.39, 0.29) is 17.0 Å². The predicted molar refractivity (Wildman–Crippen MR) is 93.0 cm³/mol. The molecule has 1 aliphatic rings. The molecule has 0 bridgehead atoms. The average molecular weight is 338 g/mol. The summed E-state index contributed by atoms with van der Waals surface area (Å²) >= 11 is 0. The number of benzene rings is 1. The van der Waals surface area contributed by atoms with Gasteiger partial charge >= 0.3 is 0 Å². The first-order valence-corrected chi connectivity index (χ1v) is 8.07. The number of carbonyl (C=O) groups excluding carboxylic acids is 1. The van der Waals surface area contributed by atoms with Crippen LogP contribution < -0.4 is 15.8 Å². The topological polar surface area (TPSA) is 79.9 Å². The van der Waals surface area contributed by atoms with Crippen molar-refractivity contribution < 1.29 is 9.32 Å². The molecule has 0 aliphatic carbocycles. The molecule has 2 aromatic heterocycles. The number of aromatic nitrogens is 2. The molecule has 3 aromatic rings. The Morgan fingerprint density at radius 3 is 2.68 bits per heavy atom. The normalized spacial score (nSPS) is 15.8. The summed E-state index contributed by atoms with van der Waals surface area (Å²) in [7, 11) is 0. The van der Waals surface area contributed by atoms with E-state index >= 15 is 0 Å². The second-order valence-electron chi connectivity index (χ2n) is 6.69. The van der Waals surface area contributed by atoms with Crippen molar-refractivity contribution in [1.29, 1.82) is 0 Å². The van der Waals surface area contributed by atoms with Gasteiger partial charge in [0.15, 0.2) is 5.65 Å². The van der Waals surface area contributed by atoms with Crippen LogP contribution in [0, 0.1) is 6.92 Å². The smallest absolute Gasteiger partial charge is 0.289 e. The lowest BCUT2D eigenvalue weighted by Crippen LogP contribution is -2.69. The second kappa shape index (κ2) is 5.47. The van der Waals surface area contributed by atoms with Crippen LogP contribution >= 0.6 is 0 Å². The number of amides is 1. The van der Waals surface area contributed by atoms with Gasteiger partial charge in [-0.05, 0) is 26.0 Å². The Kier molecular flexibility index (Phi) is 3.38. The number of carbonyl (C=O) groups is 1. The molecule has 1 aliphatic heterocycles. The van der Waals surface area contributed by atoms with Crippen LogP contribution in [0.4, 0.5) is 5.82 Å². The number of aryl methyl sites for hydroxylation is 1. The molecule has 7 heteroatoms. The van der Waals surface area contributed by atoms with E-state index in [9.17, 15) is 9.59 Å². The number of nitrogens with one attached hydrogen (secondary N) is 1. The summed E-state index contributed by atoms with van der Waals surface area (Å²) in [5.41, 5.74) is 0.511. The van der Waals surface area contributed by atoms with E-state index in [4.69, 9.17) is 4.52 Å². The average Bonchev–Trinajstić information content (AvgIpc) is 2.94. The highest BCUT2D eigenvalue weighted by atomic mass is 16.5. The first-order valence-electron chi connectivity index (χ1n) is 8.07. The lowest BCUT2D eigenvalue weighted by Gasteiger charge is -2.48. The molecular weight excluding hydrogens is 320 g/mol. The molecule has 0 radical (unpaired) electrons. The molecule has 4 rings (SSSR count). The summed E-state index contributed by atoms with van der Waals surface area (Å²) in [4.78, 5) is 30.9. The molecule has 1 N–H and O–H groups in total. The first-order chi connectivity index (χ1) is 11.9. The van der Waals surface area contributed by atoms with Gasteiger partial charge in [0, 0.05) is 30.8 Å². The zero-order valence-electron chi connectivity index (χ0n) is 14.0. The van der Waals surface area contributed by atoms with Gasteiger partial charge < -0.3 is 14.7 Å². The zero-order valence-corrected chi connectivity index (χ0v) is 14.0. The number of hydrogen-bond acceptors (Lipinski definition) is 5. The Balaban J connectivity index is 1.49. The fraction of sp³-hybridized carbons (Fsp3) is 0.278. The van der Waals surface area contributed by atoms with Gasteiger partial charge in [-0.25, -0.2) is 4.98 Å². The Morgan fingerprint density at radius 2 is 1.96 bits per heavy atom. The number of fused-ring (bicyclic) bond motifs is 1. The number of nitrogens with zero attached hydrogens (tertiary/aromatic N) is 3. The molecule has 1 amide bonds. The van der Waals surface area contributed by atoms with Crippen molar-refractivity contribution in [2.24, 2.45) is 0 Å². The lowest BCUT2D eigenvalue weighted by molar-refractivity contribution is 0.0889. The van der Waals surface area contributed by atoms with Crippen LogP contribution in [0.15, 0.2) is 51.8 Å². The molecule has 0 spiro atoms. The summed E-state index contributed by atoms with van der Waals surface area (Å²) in [6, 6.07) is 12.3. The van der Waals surface area contributed by atoms with Crippen molar-refractivity contribution in [1.82, 2.24) is 14.9 Å². The predicted octanol–water partition coefficient (Wildman–Crippen LogP) is 1.60. The van der Waals surface area contributed by atoms with Crippen molar-refractivity contribution >= 4 is 17.4 Å². The maximum atomic E-state index is 12.3. The van der Waals surface area contributed by atoms with Gasteiger partial charge in [0.1, 0.15) is 11.6 Å². The van der Waals surface area contributed by atoms with Crippen LogP contribution in [0.2, 0.25) is 0 Å². The molecule has 0 atom stereocenters. The van der Waals surface area contributed by atoms with Crippen LogP contribution in [-0.4, -0.2) is 34.1 Å². The maximum absolute atomic E-state index is 12.3. The van der Waals surface area contributed by atoms with Crippen LogP contribution in [0.3, 0.4) is 0 Å². The number of rotatable bonds is 3. The standard InChI is InChI=1S/C18H18N4O3/c1-12-8-15-19-14(9-16(23)22(15)25-12)21-10-18(2,11-21)20-17(24)13-6-4-3-5-7-13/h3-9H,10-11H2,1-2H3,(H,20,24). The van der Waals surface area contributed by atoms with E-state index in [2.05, 4.69) is 10.3 Å². The lowest BCUT2D eigenvalue weighted by atomic mass is 9.91. The van der Waals surface area contributed by atoms with Crippen LogP contribution in [0.5, 0.6) is 0 Å². The quantitative estimate of drug-likeness (QED) is 0.785. The second-order valence-corrected chi connectivity index (χ2v) is 6.69. The monoisotopic (exact) mass is 338 g/mol. The summed E-state index contributed by atoms with van der Waals surface area (Å²) in [5.74, 6) is 1.12. The highest BCUT2D eigenvalue weighted by molar-refractivity contribution is 5.94. The van der Waals surface area contributed by atoms with E-state index in [1.165, 1.54) is 10.6 Å². The molecule has 1 aromatic carbocycles. The Bertz CT molecular complexity index is 1000. The molecule has 25 heavy (non-hydrogen) atoms. The Labute approximate surface area is 143 Å². The van der Waals surface area contributed by atoms with Crippen molar-refractivity contribution in [2.45, 2.75) is 19.4 Å². The molecule has 1 fully saturated rings. The summed E-state index contributed by atoms with van der Waals surface area (Å²) < 4.78 is 6.47. The molecule has 128 valence electrons. The fourth-order valence-electron chi connectivity index (χ4n) is 3.15. The van der Waals surface area contributed by atoms with Gasteiger partial charge in [0.2, 0.25) is 0 Å². The minimum atomic E-state index is -0.355. The third-order valence-electron chi connectivity index (χ3n) is 4.31. The van der Waals surface area contributed by atoms with Gasteiger partial charge in [0.05, 0.1) is 5.54 Å². The van der Waals surface area contributed by atoms with E-state index in [1.807, 2.05) is 30.0 Å². The Hall–Kier alpha value is -3.09. The highest BCUT2D eigenvalue weighted by Gasteiger charge is 2.41. The SMILES string of the molecule is Cc1cc2nc(N3CC(C)(NC(=O)c4ccccc4)C3)cc(=O)n2o1.